The van der Waals surface area contributed by atoms with Crippen LogP contribution in [0.15, 0.2) is 50.7 Å². The van der Waals surface area contributed by atoms with Gasteiger partial charge in [0.1, 0.15) is 15.5 Å². The number of alkyl halides is 2. The van der Waals surface area contributed by atoms with Gasteiger partial charge >= 0.3 is 0 Å². The van der Waals surface area contributed by atoms with Gasteiger partial charge < -0.3 is 5.32 Å². The van der Waals surface area contributed by atoms with E-state index in [0.717, 1.165) is 31.2 Å². The minimum absolute atomic E-state index is 0.0512. The fraction of sp³-hybridized carbons (Fsp3) is 0.414. The Kier molecular flexibility index (Phi) is 7.26. The van der Waals surface area contributed by atoms with Crippen LogP contribution in [0.2, 0.25) is 0 Å². The zero-order valence-corrected chi connectivity index (χ0v) is 23.0. The monoisotopic (exact) mass is 556 g/mol. The fourth-order valence-corrected chi connectivity index (χ4v) is 7.17. The van der Waals surface area contributed by atoms with Gasteiger partial charge in [0, 0.05) is 12.6 Å². The van der Waals surface area contributed by atoms with Crippen LogP contribution in [0.5, 0.6) is 0 Å². The summed E-state index contributed by atoms with van der Waals surface area (Å²) in [5.41, 5.74) is 2.50. The third kappa shape index (κ3) is 5.06. The minimum atomic E-state index is -3.74. The van der Waals surface area contributed by atoms with Crippen LogP contribution in [-0.4, -0.2) is 33.9 Å². The molecule has 10 heteroatoms. The van der Waals surface area contributed by atoms with Gasteiger partial charge in [0.2, 0.25) is 0 Å². The molecule has 1 heterocycles. The van der Waals surface area contributed by atoms with Crippen molar-refractivity contribution in [3.05, 3.63) is 81.3 Å². The van der Waals surface area contributed by atoms with Crippen molar-refractivity contribution in [1.29, 1.82) is 0 Å². The van der Waals surface area contributed by atoms with Crippen LogP contribution in [0.25, 0.3) is 0 Å². The lowest BCUT2D eigenvalue weighted by Crippen LogP contribution is -2.37. The van der Waals surface area contributed by atoms with E-state index in [1.165, 1.54) is 19.2 Å². The van der Waals surface area contributed by atoms with Crippen molar-refractivity contribution < 1.29 is 22.2 Å². The van der Waals surface area contributed by atoms with Gasteiger partial charge in [0.05, 0.1) is 22.7 Å². The Morgan fingerprint density at radius 3 is 2.56 bits per heavy atom. The van der Waals surface area contributed by atoms with Gasteiger partial charge in [-0.05, 0) is 81.0 Å². The Labute approximate surface area is 226 Å². The van der Waals surface area contributed by atoms with Crippen LogP contribution in [0, 0.1) is 19.7 Å². The van der Waals surface area contributed by atoms with Crippen molar-refractivity contribution in [1.82, 2.24) is 15.5 Å². The summed E-state index contributed by atoms with van der Waals surface area (Å²) in [6.45, 7) is 2.45. The largest absolute Gasteiger partial charge is 0.346 e. The summed E-state index contributed by atoms with van der Waals surface area (Å²) in [6, 6.07) is 9.28. The number of nitrogens with zero attached hydrogens (tertiary/aromatic N) is 3. The molecule has 1 fully saturated rings. The molecule has 0 spiro atoms. The molecule has 2 aliphatic carbocycles. The van der Waals surface area contributed by atoms with E-state index in [1.807, 2.05) is 6.92 Å². The molecule has 206 valence electrons. The molecule has 3 aromatic rings. The topological polar surface area (TPSA) is 84.3 Å². The molecule has 2 aromatic carbocycles. The second-order valence-electron chi connectivity index (χ2n) is 10.4. The number of amides is 1. The number of fused-ring (bicyclic) bond motifs is 1. The molecular formula is C29H31F3N4O2S. The average Bonchev–Trinajstić information content (AvgIpc) is 3.76. The zero-order chi connectivity index (χ0) is 27.9. The number of hydrogen-bond donors (Lipinski definition) is 1. The standard InChI is InChI=1S/C29H31F3N4O2S/c1-17-11-14-22(18(2)15-17)29(31,32)16-34-27(37)25-21-7-4-5-9-23(21)35-36-28(25)39(38,33-3)24-10-6-8-20(26(24)30)19-12-13-19/h6,8,10-11,14-15,19H,4-5,7,9,12-13,16H2,1-3H3,(H,34,37). The van der Waals surface area contributed by atoms with Crippen LogP contribution in [-0.2, 0) is 28.5 Å². The molecule has 2 aliphatic rings. The van der Waals surface area contributed by atoms with E-state index in [1.54, 1.807) is 31.2 Å². The first-order chi connectivity index (χ1) is 18.6. The van der Waals surface area contributed by atoms with Crippen molar-refractivity contribution in [3.63, 3.8) is 0 Å². The van der Waals surface area contributed by atoms with E-state index in [4.69, 9.17) is 0 Å². The number of carbonyl (C=O) groups excluding carboxylic acids is 1. The highest BCUT2D eigenvalue weighted by Gasteiger charge is 2.37. The van der Waals surface area contributed by atoms with E-state index in [0.29, 0.717) is 35.2 Å². The predicted molar refractivity (Wildman–Crippen MR) is 142 cm³/mol. The summed E-state index contributed by atoms with van der Waals surface area (Å²) >= 11 is 0. The summed E-state index contributed by atoms with van der Waals surface area (Å²) in [4.78, 5) is 13.5. The van der Waals surface area contributed by atoms with E-state index < -0.39 is 33.9 Å². The first kappa shape index (κ1) is 27.3. The SMILES string of the molecule is CN=S(=O)(c1cccc(C2CC2)c1F)c1nnc2c(c1C(=O)NCC(F)(F)c1ccc(C)cc1C)CCCC2. The van der Waals surface area contributed by atoms with E-state index >= 15 is 13.2 Å². The molecule has 0 aliphatic heterocycles. The van der Waals surface area contributed by atoms with Crippen LogP contribution < -0.4 is 5.32 Å². The van der Waals surface area contributed by atoms with Gasteiger partial charge in [0.25, 0.3) is 11.8 Å². The third-order valence-electron chi connectivity index (χ3n) is 7.52. The molecule has 1 unspecified atom stereocenters. The zero-order valence-electron chi connectivity index (χ0n) is 22.2. The second-order valence-corrected chi connectivity index (χ2v) is 12.6. The Morgan fingerprint density at radius 1 is 1.13 bits per heavy atom. The highest BCUT2D eigenvalue weighted by atomic mass is 32.2. The Morgan fingerprint density at radius 2 is 1.87 bits per heavy atom. The van der Waals surface area contributed by atoms with Crippen LogP contribution in [0.1, 0.15) is 75.5 Å². The molecule has 0 saturated heterocycles. The van der Waals surface area contributed by atoms with Crippen molar-refractivity contribution in [2.45, 2.75) is 74.1 Å². The van der Waals surface area contributed by atoms with E-state index in [-0.39, 0.29) is 27.0 Å². The molecule has 1 saturated carbocycles. The molecule has 1 atom stereocenters. The number of carbonyl (C=O) groups is 1. The lowest BCUT2D eigenvalue weighted by molar-refractivity contribution is -0.00312. The minimum Gasteiger partial charge on any atom is -0.346 e. The van der Waals surface area contributed by atoms with Gasteiger partial charge in [0.15, 0.2) is 5.03 Å². The van der Waals surface area contributed by atoms with Crippen LogP contribution >= 0.6 is 0 Å². The van der Waals surface area contributed by atoms with Crippen LogP contribution in [0.4, 0.5) is 13.2 Å². The first-order valence-corrected chi connectivity index (χ1v) is 14.6. The Hall–Kier alpha value is -3.27. The second kappa shape index (κ2) is 10.4. The number of nitrogens with one attached hydrogen (secondary N) is 1. The van der Waals surface area contributed by atoms with Gasteiger partial charge in [-0.1, -0.05) is 35.9 Å². The number of aryl methyl sites for hydroxylation is 3. The van der Waals surface area contributed by atoms with Crippen molar-refractivity contribution in [3.8, 4) is 0 Å². The van der Waals surface area contributed by atoms with E-state index in [2.05, 4.69) is 19.9 Å². The Bertz CT molecular complexity index is 1580. The lowest BCUT2D eigenvalue weighted by Gasteiger charge is -2.23. The van der Waals surface area contributed by atoms with E-state index in [9.17, 15) is 9.00 Å². The number of aromatic nitrogens is 2. The smallest absolute Gasteiger partial charge is 0.290 e. The van der Waals surface area contributed by atoms with Gasteiger partial charge in [-0.2, -0.15) is 13.9 Å². The molecule has 5 rings (SSSR count). The summed E-state index contributed by atoms with van der Waals surface area (Å²) in [5, 5.41) is 10.5. The van der Waals surface area contributed by atoms with Crippen molar-refractivity contribution in [2.24, 2.45) is 4.36 Å². The maximum Gasteiger partial charge on any atom is 0.290 e. The highest BCUT2D eigenvalue weighted by Crippen LogP contribution is 2.43. The lowest BCUT2D eigenvalue weighted by atomic mass is 9.93. The molecule has 1 aromatic heterocycles. The molecule has 0 radical (unpaired) electrons. The number of halogens is 3. The first-order valence-electron chi connectivity index (χ1n) is 13.1. The summed E-state index contributed by atoms with van der Waals surface area (Å²) in [5.74, 6) is -4.79. The Balaban J connectivity index is 1.57. The maximum absolute atomic E-state index is 15.7. The predicted octanol–water partition coefficient (Wildman–Crippen LogP) is 6.03. The van der Waals surface area contributed by atoms with Crippen molar-refractivity contribution in [2.75, 3.05) is 13.6 Å². The summed E-state index contributed by atoms with van der Waals surface area (Å²) in [6.07, 6.45) is 4.25. The third-order valence-corrected chi connectivity index (χ3v) is 9.75. The molecule has 6 nitrogen and oxygen atoms in total. The highest BCUT2D eigenvalue weighted by molar-refractivity contribution is 7.93. The summed E-state index contributed by atoms with van der Waals surface area (Å²) < 4.78 is 64.7. The molecule has 39 heavy (non-hydrogen) atoms. The maximum atomic E-state index is 15.7. The molecular weight excluding hydrogens is 525 g/mol. The number of hydrogen-bond acceptors (Lipinski definition) is 5. The molecule has 0 bridgehead atoms. The fourth-order valence-electron chi connectivity index (χ4n) is 5.32. The average molecular weight is 557 g/mol. The molecule has 1 amide bonds. The van der Waals surface area contributed by atoms with Crippen molar-refractivity contribution >= 4 is 15.6 Å². The number of rotatable bonds is 7. The normalized spacial score (nSPS) is 16.8. The quantitative estimate of drug-likeness (QED) is 0.385. The summed E-state index contributed by atoms with van der Waals surface area (Å²) in [7, 11) is -2.46. The van der Waals surface area contributed by atoms with Gasteiger partial charge in [-0.25, -0.2) is 13.0 Å². The van der Waals surface area contributed by atoms with Gasteiger partial charge in [-0.15, -0.1) is 5.10 Å². The molecule has 1 N–H and O–H groups in total. The van der Waals surface area contributed by atoms with Gasteiger partial charge in [-0.3, -0.25) is 4.79 Å². The van der Waals surface area contributed by atoms with Crippen LogP contribution in [0.3, 0.4) is 0 Å². The number of benzene rings is 2.